The third kappa shape index (κ3) is 5.54. The number of carbonyl (C=O) groups excluding carboxylic acids is 1. The number of hydrogen-bond donors (Lipinski definition) is 0. The Morgan fingerprint density at radius 2 is 1.42 bits per heavy atom. The molecule has 6 nitrogen and oxygen atoms in total. The van der Waals surface area contributed by atoms with E-state index >= 15 is 0 Å². The average molecular weight is 465 g/mol. The molecule has 33 heavy (non-hydrogen) atoms. The van der Waals surface area contributed by atoms with Gasteiger partial charge in [-0.25, -0.2) is 8.42 Å². The van der Waals surface area contributed by atoms with Gasteiger partial charge in [-0.2, -0.15) is 0 Å². The van der Waals surface area contributed by atoms with E-state index in [4.69, 9.17) is 4.74 Å². The van der Waals surface area contributed by atoms with E-state index < -0.39 is 10.0 Å². The number of benzene rings is 3. The SMILES string of the molecule is CC1CCN(C(=O)CN(c2ccc(Oc3ccccc3)cc2)S(=O)(=O)c2ccccc2)CC1. The molecule has 1 saturated heterocycles. The number of hydrogen-bond acceptors (Lipinski definition) is 4. The minimum Gasteiger partial charge on any atom is -0.457 e. The van der Waals surface area contributed by atoms with Crippen molar-refractivity contribution in [3.05, 3.63) is 84.9 Å². The highest BCUT2D eigenvalue weighted by Crippen LogP contribution is 2.28. The molecular weight excluding hydrogens is 436 g/mol. The van der Waals surface area contributed by atoms with Crippen LogP contribution in [0, 0.1) is 5.92 Å². The molecule has 4 rings (SSSR count). The number of nitrogens with zero attached hydrogens (tertiary/aromatic N) is 2. The molecule has 1 heterocycles. The number of piperidine rings is 1. The van der Waals surface area contributed by atoms with Crippen LogP contribution in [0.5, 0.6) is 11.5 Å². The summed E-state index contributed by atoms with van der Waals surface area (Å²) in [6.45, 7) is 3.24. The molecule has 0 radical (unpaired) electrons. The summed E-state index contributed by atoms with van der Waals surface area (Å²) in [5, 5.41) is 0. The molecule has 0 bridgehead atoms. The van der Waals surface area contributed by atoms with Gasteiger partial charge in [0.2, 0.25) is 5.91 Å². The smallest absolute Gasteiger partial charge is 0.264 e. The molecule has 172 valence electrons. The molecule has 1 amide bonds. The Labute approximate surface area is 195 Å². The van der Waals surface area contributed by atoms with Crippen molar-refractivity contribution in [3.63, 3.8) is 0 Å². The van der Waals surface area contributed by atoms with Crippen molar-refractivity contribution in [2.45, 2.75) is 24.7 Å². The van der Waals surface area contributed by atoms with Crippen LogP contribution < -0.4 is 9.04 Å². The summed E-state index contributed by atoms with van der Waals surface area (Å²) in [6.07, 6.45) is 1.87. The van der Waals surface area contributed by atoms with E-state index in [0.717, 1.165) is 12.8 Å². The normalized spacial score (nSPS) is 14.6. The molecule has 0 N–H and O–H groups in total. The molecule has 0 saturated carbocycles. The fourth-order valence-corrected chi connectivity index (χ4v) is 5.26. The summed E-state index contributed by atoms with van der Waals surface area (Å²) in [4.78, 5) is 15.0. The van der Waals surface area contributed by atoms with E-state index in [0.29, 0.717) is 36.2 Å². The first kappa shape index (κ1) is 22.9. The van der Waals surface area contributed by atoms with Crippen LogP contribution in [0.4, 0.5) is 5.69 Å². The summed E-state index contributed by atoms with van der Waals surface area (Å²) in [5.41, 5.74) is 0.415. The van der Waals surface area contributed by atoms with Crippen LogP contribution in [0.25, 0.3) is 0 Å². The highest BCUT2D eigenvalue weighted by molar-refractivity contribution is 7.92. The van der Waals surface area contributed by atoms with Crippen LogP contribution in [0.1, 0.15) is 19.8 Å². The van der Waals surface area contributed by atoms with Crippen LogP contribution in [-0.4, -0.2) is 38.9 Å². The van der Waals surface area contributed by atoms with E-state index in [1.807, 2.05) is 30.3 Å². The molecule has 1 aliphatic rings. The predicted octanol–water partition coefficient (Wildman–Crippen LogP) is 4.93. The summed E-state index contributed by atoms with van der Waals surface area (Å²) in [5.74, 6) is 1.66. The quantitative estimate of drug-likeness (QED) is 0.497. The van der Waals surface area contributed by atoms with E-state index in [9.17, 15) is 13.2 Å². The van der Waals surface area contributed by atoms with Crippen molar-refractivity contribution in [1.29, 1.82) is 0 Å². The zero-order valence-corrected chi connectivity index (χ0v) is 19.4. The number of anilines is 1. The maximum absolute atomic E-state index is 13.5. The van der Waals surface area contributed by atoms with Crippen LogP contribution in [0.2, 0.25) is 0 Å². The molecule has 1 aliphatic heterocycles. The van der Waals surface area contributed by atoms with Gasteiger partial charge in [0.1, 0.15) is 18.0 Å². The van der Waals surface area contributed by atoms with Gasteiger partial charge in [-0.05, 0) is 67.3 Å². The van der Waals surface area contributed by atoms with Gasteiger partial charge in [0.05, 0.1) is 10.6 Å². The van der Waals surface area contributed by atoms with E-state index in [2.05, 4.69) is 6.92 Å². The first-order valence-electron chi connectivity index (χ1n) is 11.1. The van der Waals surface area contributed by atoms with E-state index in [1.54, 1.807) is 59.5 Å². The Kier molecular flexibility index (Phi) is 6.99. The van der Waals surface area contributed by atoms with Crippen molar-refractivity contribution >= 4 is 21.6 Å². The highest BCUT2D eigenvalue weighted by atomic mass is 32.2. The zero-order valence-electron chi connectivity index (χ0n) is 18.6. The van der Waals surface area contributed by atoms with Gasteiger partial charge < -0.3 is 9.64 Å². The summed E-state index contributed by atoms with van der Waals surface area (Å²) < 4.78 is 34.0. The second-order valence-electron chi connectivity index (χ2n) is 8.30. The number of amides is 1. The molecule has 0 aliphatic carbocycles. The Morgan fingerprint density at radius 1 is 0.879 bits per heavy atom. The Morgan fingerprint density at radius 3 is 2.03 bits per heavy atom. The van der Waals surface area contributed by atoms with Crippen LogP contribution in [-0.2, 0) is 14.8 Å². The predicted molar refractivity (Wildman–Crippen MR) is 129 cm³/mol. The van der Waals surface area contributed by atoms with E-state index in [1.165, 1.54) is 4.31 Å². The van der Waals surface area contributed by atoms with Crippen molar-refractivity contribution in [1.82, 2.24) is 4.90 Å². The summed E-state index contributed by atoms with van der Waals surface area (Å²) >= 11 is 0. The number of rotatable bonds is 7. The lowest BCUT2D eigenvalue weighted by molar-refractivity contribution is -0.130. The monoisotopic (exact) mass is 464 g/mol. The Bertz CT molecular complexity index is 1160. The summed E-state index contributed by atoms with van der Waals surface area (Å²) in [7, 11) is -3.93. The van der Waals surface area contributed by atoms with Crippen LogP contribution in [0.15, 0.2) is 89.8 Å². The molecule has 3 aromatic rings. The largest absolute Gasteiger partial charge is 0.457 e. The number of ether oxygens (including phenoxy) is 1. The van der Waals surface area contributed by atoms with Gasteiger partial charge in [0.15, 0.2) is 0 Å². The first-order valence-corrected chi connectivity index (χ1v) is 12.6. The molecule has 0 spiro atoms. The zero-order chi connectivity index (χ0) is 23.3. The highest BCUT2D eigenvalue weighted by Gasteiger charge is 2.30. The molecule has 0 aromatic heterocycles. The van der Waals surface area contributed by atoms with Gasteiger partial charge in [-0.1, -0.05) is 43.3 Å². The van der Waals surface area contributed by atoms with Crippen LogP contribution >= 0.6 is 0 Å². The fraction of sp³-hybridized carbons (Fsp3) is 0.269. The Hall–Kier alpha value is -3.32. The van der Waals surface area contributed by atoms with Gasteiger partial charge in [0, 0.05) is 13.1 Å². The maximum atomic E-state index is 13.5. The number of likely N-dealkylation sites (tertiary alicyclic amines) is 1. The van der Waals surface area contributed by atoms with Crippen molar-refractivity contribution in [2.75, 3.05) is 23.9 Å². The molecule has 0 atom stereocenters. The molecule has 7 heteroatoms. The van der Waals surface area contributed by atoms with Crippen molar-refractivity contribution in [3.8, 4) is 11.5 Å². The van der Waals surface area contributed by atoms with Crippen molar-refractivity contribution < 1.29 is 17.9 Å². The molecule has 0 unspecified atom stereocenters. The van der Waals surface area contributed by atoms with Gasteiger partial charge in [-0.3, -0.25) is 9.10 Å². The lowest BCUT2D eigenvalue weighted by atomic mass is 9.99. The van der Waals surface area contributed by atoms with Gasteiger partial charge in [0.25, 0.3) is 10.0 Å². The number of para-hydroxylation sites is 1. The first-order chi connectivity index (χ1) is 15.9. The van der Waals surface area contributed by atoms with E-state index in [-0.39, 0.29) is 17.3 Å². The lowest BCUT2D eigenvalue weighted by Crippen LogP contribution is -2.45. The average Bonchev–Trinajstić information content (AvgIpc) is 2.84. The number of sulfonamides is 1. The minimum absolute atomic E-state index is 0.148. The third-order valence-electron chi connectivity index (χ3n) is 5.85. The topological polar surface area (TPSA) is 66.9 Å². The van der Waals surface area contributed by atoms with Gasteiger partial charge in [-0.15, -0.1) is 0 Å². The fourth-order valence-electron chi connectivity index (χ4n) is 3.82. The Balaban J connectivity index is 1.60. The molecule has 1 fully saturated rings. The summed E-state index contributed by atoms with van der Waals surface area (Å²) in [6, 6.07) is 24.3. The molecular formula is C26H28N2O4S. The maximum Gasteiger partial charge on any atom is 0.264 e. The second-order valence-corrected chi connectivity index (χ2v) is 10.2. The molecule has 3 aromatic carbocycles. The van der Waals surface area contributed by atoms with Crippen molar-refractivity contribution in [2.24, 2.45) is 5.92 Å². The standard InChI is InChI=1S/C26H28N2O4S/c1-21-16-18-27(19-17-21)26(29)20-28(33(30,31)25-10-6-3-7-11-25)22-12-14-24(15-13-22)32-23-8-4-2-5-9-23/h2-15,21H,16-20H2,1H3. The lowest BCUT2D eigenvalue weighted by Gasteiger charge is -2.32. The number of carbonyl (C=O) groups is 1. The minimum atomic E-state index is -3.93. The van der Waals surface area contributed by atoms with Gasteiger partial charge >= 0.3 is 0 Å². The second kappa shape index (κ2) is 10.1. The third-order valence-corrected chi connectivity index (χ3v) is 7.64. The van der Waals surface area contributed by atoms with Crippen LogP contribution in [0.3, 0.4) is 0 Å².